The molecule has 0 spiro atoms. The van der Waals surface area contributed by atoms with Gasteiger partial charge < -0.3 is 5.11 Å². The number of carboxylic acid groups (broad SMARTS) is 1. The van der Waals surface area contributed by atoms with Crippen LogP contribution in [0.1, 0.15) is 34.3 Å². The van der Waals surface area contributed by atoms with Crippen molar-refractivity contribution in [1.29, 1.82) is 0 Å². The number of aromatic carboxylic acids is 1. The lowest BCUT2D eigenvalue weighted by atomic mass is 10.1. The van der Waals surface area contributed by atoms with Crippen LogP contribution in [0.5, 0.6) is 0 Å². The minimum Gasteiger partial charge on any atom is -0.478 e. The summed E-state index contributed by atoms with van der Waals surface area (Å²) in [4.78, 5) is 13.5. The zero-order valence-electron chi connectivity index (χ0n) is 9.85. The van der Waals surface area contributed by atoms with Crippen molar-refractivity contribution in [2.75, 3.05) is 13.1 Å². The van der Waals surface area contributed by atoms with Crippen LogP contribution in [0.15, 0.2) is 18.2 Å². The first-order chi connectivity index (χ1) is 8.24. The summed E-state index contributed by atoms with van der Waals surface area (Å²) in [5, 5.41) is 8.98. The van der Waals surface area contributed by atoms with Gasteiger partial charge in [0.1, 0.15) is 0 Å². The standard InChI is InChI=1S/C14H17NO2/c16-14(17)11-4-3-10-8-13(9-12(10)7-11)15-5-1-2-6-15/h3-4,7,13H,1-2,5-6,8-9H2,(H,16,17). The first-order valence-corrected chi connectivity index (χ1v) is 6.33. The van der Waals surface area contributed by atoms with Crippen LogP contribution in [0.25, 0.3) is 0 Å². The van der Waals surface area contributed by atoms with Crippen LogP contribution in [0.4, 0.5) is 0 Å². The van der Waals surface area contributed by atoms with Gasteiger partial charge in [0.15, 0.2) is 0 Å². The molecule has 0 aromatic heterocycles. The van der Waals surface area contributed by atoms with Gasteiger partial charge in [0.25, 0.3) is 0 Å². The summed E-state index contributed by atoms with van der Waals surface area (Å²) in [5.74, 6) is -0.822. The van der Waals surface area contributed by atoms with Gasteiger partial charge >= 0.3 is 5.97 Å². The van der Waals surface area contributed by atoms with E-state index < -0.39 is 5.97 Å². The zero-order chi connectivity index (χ0) is 11.8. The molecular formula is C14H17NO2. The highest BCUT2D eigenvalue weighted by Crippen LogP contribution is 2.28. The van der Waals surface area contributed by atoms with Crippen LogP contribution in [-0.4, -0.2) is 35.1 Å². The molecule has 17 heavy (non-hydrogen) atoms. The molecule has 90 valence electrons. The minimum atomic E-state index is -0.822. The fourth-order valence-corrected chi connectivity index (χ4v) is 3.09. The van der Waals surface area contributed by atoms with Crippen LogP contribution >= 0.6 is 0 Å². The van der Waals surface area contributed by atoms with E-state index in [4.69, 9.17) is 5.11 Å². The van der Waals surface area contributed by atoms with Gasteiger partial charge in [0.05, 0.1) is 5.56 Å². The second-order valence-corrected chi connectivity index (χ2v) is 5.09. The molecule has 1 aromatic rings. The number of likely N-dealkylation sites (tertiary alicyclic amines) is 1. The number of carbonyl (C=O) groups is 1. The number of nitrogens with zero attached hydrogens (tertiary/aromatic N) is 1. The van der Waals surface area contributed by atoms with Crippen molar-refractivity contribution < 1.29 is 9.90 Å². The smallest absolute Gasteiger partial charge is 0.335 e. The normalized spacial score (nSPS) is 23.9. The predicted molar refractivity (Wildman–Crippen MR) is 65.4 cm³/mol. The molecular weight excluding hydrogens is 214 g/mol. The Hall–Kier alpha value is -1.35. The van der Waals surface area contributed by atoms with Gasteiger partial charge in [-0.3, -0.25) is 4.90 Å². The van der Waals surface area contributed by atoms with Crippen molar-refractivity contribution in [2.24, 2.45) is 0 Å². The number of benzene rings is 1. The Morgan fingerprint density at radius 1 is 1.18 bits per heavy atom. The summed E-state index contributed by atoms with van der Waals surface area (Å²) < 4.78 is 0. The van der Waals surface area contributed by atoms with E-state index in [9.17, 15) is 4.79 Å². The molecule has 1 aromatic carbocycles. The van der Waals surface area contributed by atoms with Crippen LogP contribution in [0.3, 0.4) is 0 Å². The Labute approximate surface area is 101 Å². The van der Waals surface area contributed by atoms with Crippen LogP contribution in [0.2, 0.25) is 0 Å². The van der Waals surface area contributed by atoms with Crippen molar-refractivity contribution in [2.45, 2.75) is 31.7 Å². The van der Waals surface area contributed by atoms with Gasteiger partial charge in [-0.2, -0.15) is 0 Å². The molecule has 1 saturated heterocycles. The molecule has 0 saturated carbocycles. The van der Waals surface area contributed by atoms with Crippen molar-refractivity contribution in [1.82, 2.24) is 4.90 Å². The molecule has 0 bridgehead atoms. The summed E-state index contributed by atoms with van der Waals surface area (Å²) in [6.45, 7) is 2.43. The van der Waals surface area contributed by atoms with E-state index in [1.54, 1.807) is 6.07 Å². The van der Waals surface area contributed by atoms with E-state index in [1.807, 2.05) is 12.1 Å². The second-order valence-electron chi connectivity index (χ2n) is 5.09. The van der Waals surface area contributed by atoms with Crippen LogP contribution in [-0.2, 0) is 12.8 Å². The lowest BCUT2D eigenvalue weighted by Crippen LogP contribution is -2.33. The molecule has 1 aliphatic carbocycles. The maximum Gasteiger partial charge on any atom is 0.335 e. The molecule has 1 atom stereocenters. The molecule has 0 radical (unpaired) electrons. The van der Waals surface area contributed by atoms with E-state index in [0.29, 0.717) is 11.6 Å². The molecule has 1 aliphatic heterocycles. The summed E-state index contributed by atoms with van der Waals surface area (Å²) >= 11 is 0. The van der Waals surface area contributed by atoms with E-state index in [1.165, 1.54) is 37.1 Å². The van der Waals surface area contributed by atoms with Crippen molar-refractivity contribution in [3.63, 3.8) is 0 Å². The van der Waals surface area contributed by atoms with Crippen molar-refractivity contribution >= 4 is 5.97 Å². The van der Waals surface area contributed by atoms with Crippen molar-refractivity contribution in [3.8, 4) is 0 Å². The molecule has 1 fully saturated rings. The Balaban J connectivity index is 1.80. The first-order valence-electron chi connectivity index (χ1n) is 6.33. The van der Waals surface area contributed by atoms with E-state index in [2.05, 4.69) is 4.90 Å². The lowest BCUT2D eigenvalue weighted by molar-refractivity contribution is 0.0697. The van der Waals surface area contributed by atoms with E-state index >= 15 is 0 Å². The maximum atomic E-state index is 10.9. The SMILES string of the molecule is O=C(O)c1ccc2c(c1)CC(N1CCCC1)C2. The monoisotopic (exact) mass is 231 g/mol. The van der Waals surface area contributed by atoms with E-state index in [-0.39, 0.29) is 0 Å². The van der Waals surface area contributed by atoms with Gasteiger partial charge in [-0.1, -0.05) is 6.07 Å². The highest BCUT2D eigenvalue weighted by Gasteiger charge is 2.28. The minimum absolute atomic E-state index is 0.422. The topological polar surface area (TPSA) is 40.5 Å². The summed E-state index contributed by atoms with van der Waals surface area (Å²) in [6.07, 6.45) is 4.74. The Morgan fingerprint density at radius 3 is 2.59 bits per heavy atom. The number of rotatable bonds is 2. The van der Waals surface area contributed by atoms with E-state index in [0.717, 1.165) is 12.8 Å². The molecule has 0 amide bonds. The molecule has 3 rings (SSSR count). The summed E-state index contributed by atoms with van der Waals surface area (Å²) in [7, 11) is 0. The van der Waals surface area contributed by atoms with Gasteiger partial charge in [-0.15, -0.1) is 0 Å². The van der Waals surface area contributed by atoms with Crippen LogP contribution in [0, 0.1) is 0 Å². The third kappa shape index (κ3) is 1.95. The van der Waals surface area contributed by atoms with Crippen molar-refractivity contribution in [3.05, 3.63) is 34.9 Å². The average molecular weight is 231 g/mol. The van der Waals surface area contributed by atoms with Gasteiger partial charge in [-0.05, 0) is 62.0 Å². The molecule has 1 N–H and O–H groups in total. The largest absolute Gasteiger partial charge is 0.478 e. The molecule has 1 heterocycles. The second kappa shape index (κ2) is 4.15. The number of fused-ring (bicyclic) bond motifs is 1. The molecule has 1 unspecified atom stereocenters. The average Bonchev–Trinajstić information content (AvgIpc) is 2.96. The predicted octanol–water partition coefficient (Wildman–Crippen LogP) is 1.95. The van der Waals surface area contributed by atoms with Gasteiger partial charge in [0.2, 0.25) is 0 Å². The number of hydrogen-bond donors (Lipinski definition) is 1. The molecule has 2 aliphatic rings. The first kappa shape index (κ1) is 10.8. The van der Waals surface area contributed by atoms with Crippen LogP contribution < -0.4 is 0 Å². The van der Waals surface area contributed by atoms with Gasteiger partial charge in [0, 0.05) is 6.04 Å². The van der Waals surface area contributed by atoms with Gasteiger partial charge in [-0.25, -0.2) is 4.79 Å². The number of hydrogen-bond acceptors (Lipinski definition) is 2. The third-order valence-electron chi connectivity index (χ3n) is 4.02. The highest BCUT2D eigenvalue weighted by atomic mass is 16.4. The Bertz CT molecular complexity index is 450. The Kier molecular flexibility index (Phi) is 2.63. The quantitative estimate of drug-likeness (QED) is 0.845. The molecule has 3 heteroatoms. The summed E-state index contributed by atoms with van der Waals surface area (Å²) in [6, 6.07) is 6.19. The Morgan fingerprint density at radius 2 is 1.88 bits per heavy atom. The summed E-state index contributed by atoms with van der Waals surface area (Å²) in [5.41, 5.74) is 3.00. The fraction of sp³-hybridized carbons (Fsp3) is 0.500. The number of carboxylic acids is 1. The third-order valence-corrected chi connectivity index (χ3v) is 4.02. The lowest BCUT2D eigenvalue weighted by Gasteiger charge is -2.22. The molecule has 3 nitrogen and oxygen atoms in total. The maximum absolute atomic E-state index is 10.9. The highest BCUT2D eigenvalue weighted by molar-refractivity contribution is 5.88. The zero-order valence-corrected chi connectivity index (χ0v) is 9.85. The fourth-order valence-electron chi connectivity index (χ4n) is 3.09.